The highest BCUT2D eigenvalue weighted by molar-refractivity contribution is 7.99. The van der Waals surface area contributed by atoms with E-state index in [-0.39, 0.29) is 5.91 Å². The molecule has 0 spiro atoms. The van der Waals surface area contributed by atoms with Crippen molar-refractivity contribution in [2.24, 2.45) is 0 Å². The molecule has 5 nitrogen and oxygen atoms in total. The summed E-state index contributed by atoms with van der Waals surface area (Å²) < 4.78 is 5.22. The first kappa shape index (κ1) is 21.0. The molecule has 0 aliphatic carbocycles. The number of benzene rings is 2. The zero-order chi connectivity index (χ0) is 20.3. The van der Waals surface area contributed by atoms with Gasteiger partial charge in [-0.2, -0.15) is 0 Å². The Bertz CT molecular complexity index is 831. The van der Waals surface area contributed by atoms with E-state index < -0.39 is 11.4 Å². The summed E-state index contributed by atoms with van der Waals surface area (Å²) in [4.78, 5) is 17.9. The van der Waals surface area contributed by atoms with Gasteiger partial charge in [0.25, 0.3) is 5.91 Å². The molecular formula is C21H25ClN2O3S. The summed E-state index contributed by atoms with van der Waals surface area (Å²) in [6.45, 7) is 4.18. The normalized spacial score (nSPS) is 19.5. The van der Waals surface area contributed by atoms with Crippen LogP contribution >= 0.6 is 23.4 Å². The Morgan fingerprint density at radius 1 is 1.25 bits per heavy atom. The summed E-state index contributed by atoms with van der Waals surface area (Å²) in [6.07, 6.45) is -1.16. The van der Waals surface area contributed by atoms with Gasteiger partial charge < -0.3 is 19.6 Å². The Morgan fingerprint density at radius 3 is 2.61 bits per heavy atom. The van der Waals surface area contributed by atoms with Gasteiger partial charge in [-0.15, -0.1) is 11.8 Å². The molecule has 1 amide bonds. The van der Waals surface area contributed by atoms with Gasteiger partial charge in [0, 0.05) is 23.0 Å². The molecule has 7 heteroatoms. The van der Waals surface area contributed by atoms with E-state index in [4.69, 9.17) is 16.3 Å². The maximum atomic E-state index is 13.2. The first-order chi connectivity index (χ1) is 13.4. The standard InChI is InChI=1S/C21H25ClN2O3S/c1-4-23(2)11-12-24-17-10-7-15(22)13-18(17)28-20(19(25)21(24)26)14-5-8-16(27-3)9-6-14/h5-10,13,19-20,25H,4,11-12H2,1-3H3/t19-,20+/m0/s1. The zero-order valence-electron chi connectivity index (χ0n) is 16.3. The lowest BCUT2D eigenvalue weighted by Gasteiger charge is -2.27. The van der Waals surface area contributed by atoms with Crippen LogP contribution in [-0.2, 0) is 4.79 Å². The number of rotatable bonds is 6. The highest BCUT2D eigenvalue weighted by Gasteiger charge is 2.37. The number of amides is 1. The molecule has 1 heterocycles. The van der Waals surface area contributed by atoms with Crippen molar-refractivity contribution in [3.63, 3.8) is 0 Å². The first-order valence-corrected chi connectivity index (χ1v) is 10.5. The minimum Gasteiger partial charge on any atom is -0.497 e. The minimum atomic E-state index is -1.16. The predicted molar refractivity (Wildman–Crippen MR) is 115 cm³/mol. The van der Waals surface area contributed by atoms with Crippen LogP contribution in [0, 0.1) is 0 Å². The van der Waals surface area contributed by atoms with E-state index in [9.17, 15) is 9.90 Å². The van der Waals surface area contributed by atoms with Crippen LogP contribution < -0.4 is 9.64 Å². The molecule has 28 heavy (non-hydrogen) atoms. The SMILES string of the molecule is CCN(C)CCN1C(=O)[C@@H](O)[C@@H](c2ccc(OC)cc2)Sc2cc(Cl)ccc21. The summed E-state index contributed by atoms with van der Waals surface area (Å²) in [6, 6.07) is 13.0. The topological polar surface area (TPSA) is 53.0 Å². The van der Waals surface area contributed by atoms with E-state index in [0.717, 1.165) is 35.0 Å². The molecule has 150 valence electrons. The molecule has 2 aromatic rings. The predicted octanol–water partition coefficient (Wildman–Crippen LogP) is 3.84. The number of nitrogens with zero attached hydrogens (tertiary/aromatic N) is 2. The number of aliphatic hydroxyl groups excluding tert-OH is 1. The number of halogens is 1. The number of carbonyl (C=O) groups is 1. The molecule has 2 atom stereocenters. The van der Waals surface area contributed by atoms with Crippen molar-refractivity contribution in [1.82, 2.24) is 4.90 Å². The zero-order valence-corrected chi connectivity index (χ0v) is 17.8. The smallest absolute Gasteiger partial charge is 0.257 e. The van der Waals surface area contributed by atoms with E-state index >= 15 is 0 Å². The average molecular weight is 421 g/mol. The third kappa shape index (κ3) is 4.46. The van der Waals surface area contributed by atoms with Crippen molar-refractivity contribution in [2.75, 3.05) is 38.7 Å². The van der Waals surface area contributed by atoms with Crippen molar-refractivity contribution in [3.05, 3.63) is 53.1 Å². The summed E-state index contributed by atoms with van der Waals surface area (Å²) in [7, 11) is 3.62. The number of aliphatic hydroxyl groups is 1. The van der Waals surface area contributed by atoms with Gasteiger partial charge in [-0.25, -0.2) is 0 Å². The molecule has 0 saturated carbocycles. The van der Waals surface area contributed by atoms with Crippen LogP contribution in [0.1, 0.15) is 17.7 Å². The van der Waals surface area contributed by atoms with Crippen LogP contribution in [0.25, 0.3) is 0 Å². The number of methoxy groups -OCH3 is 1. The fraction of sp³-hybridized carbons (Fsp3) is 0.381. The Balaban J connectivity index is 1.98. The van der Waals surface area contributed by atoms with E-state index in [1.807, 2.05) is 43.4 Å². The summed E-state index contributed by atoms with van der Waals surface area (Å²) in [5.74, 6) is 0.440. The number of hydrogen-bond donors (Lipinski definition) is 1. The lowest BCUT2D eigenvalue weighted by atomic mass is 10.1. The fourth-order valence-corrected chi connectivity index (χ4v) is 4.66. The number of thioether (sulfide) groups is 1. The number of hydrogen-bond acceptors (Lipinski definition) is 5. The highest BCUT2D eigenvalue weighted by Crippen LogP contribution is 2.46. The van der Waals surface area contributed by atoms with E-state index in [1.54, 1.807) is 18.1 Å². The van der Waals surface area contributed by atoms with Gasteiger partial charge in [0.05, 0.1) is 18.0 Å². The molecule has 1 aliphatic heterocycles. The van der Waals surface area contributed by atoms with Crippen LogP contribution in [0.3, 0.4) is 0 Å². The van der Waals surface area contributed by atoms with Crippen LogP contribution in [0.4, 0.5) is 5.69 Å². The maximum Gasteiger partial charge on any atom is 0.257 e. The van der Waals surface area contributed by atoms with Gasteiger partial charge in [0.1, 0.15) is 11.9 Å². The van der Waals surface area contributed by atoms with Crippen molar-refractivity contribution in [3.8, 4) is 5.75 Å². The van der Waals surface area contributed by atoms with Gasteiger partial charge in [-0.1, -0.05) is 30.7 Å². The highest BCUT2D eigenvalue weighted by atomic mass is 35.5. The largest absolute Gasteiger partial charge is 0.497 e. The van der Waals surface area contributed by atoms with Gasteiger partial charge in [-0.05, 0) is 49.5 Å². The average Bonchev–Trinajstić information content (AvgIpc) is 2.81. The molecule has 1 aliphatic rings. The number of ether oxygens (including phenoxy) is 1. The molecule has 0 aromatic heterocycles. The third-order valence-electron chi connectivity index (χ3n) is 4.96. The first-order valence-electron chi connectivity index (χ1n) is 9.22. The number of fused-ring (bicyclic) bond motifs is 1. The van der Waals surface area contributed by atoms with E-state index in [2.05, 4.69) is 11.8 Å². The van der Waals surface area contributed by atoms with Gasteiger partial charge >= 0.3 is 0 Å². The van der Waals surface area contributed by atoms with Crippen molar-refractivity contribution in [1.29, 1.82) is 0 Å². The van der Waals surface area contributed by atoms with Gasteiger partial charge in [0.15, 0.2) is 0 Å². The quantitative estimate of drug-likeness (QED) is 0.769. The van der Waals surface area contributed by atoms with Crippen LogP contribution in [0.2, 0.25) is 5.02 Å². The molecule has 2 aromatic carbocycles. The lowest BCUT2D eigenvalue weighted by Crippen LogP contribution is -2.43. The Labute approximate surface area is 175 Å². The lowest BCUT2D eigenvalue weighted by molar-refractivity contribution is -0.126. The summed E-state index contributed by atoms with van der Waals surface area (Å²) in [5, 5.41) is 11.1. The minimum absolute atomic E-state index is 0.293. The Hall–Kier alpha value is -1.73. The number of likely N-dealkylation sites (N-methyl/N-ethyl adjacent to an activating group) is 1. The Morgan fingerprint density at radius 2 is 1.96 bits per heavy atom. The van der Waals surface area contributed by atoms with Gasteiger partial charge in [-0.3, -0.25) is 4.79 Å². The van der Waals surface area contributed by atoms with Gasteiger partial charge in [0.2, 0.25) is 0 Å². The van der Waals surface area contributed by atoms with Crippen molar-refractivity contribution in [2.45, 2.75) is 23.2 Å². The second-order valence-electron chi connectivity index (χ2n) is 6.75. The molecule has 3 rings (SSSR count). The van der Waals surface area contributed by atoms with E-state index in [0.29, 0.717) is 11.6 Å². The van der Waals surface area contributed by atoms with E-state index in [1.165, 1.54) is 11.8 Å². The van der Waals surface area contributed by atoms with Crippen molar-refractivity contribution < 1.29 is 14.6 Å². The van der Waals surface area contributed by atoms with Crippen LogP contribution in [-0.4, -0.2) is 55.8 Å². The molecule has 0 bridgehead atoms. The Kier molecular flexibility index (Phi) is 6.88. The summed E-state index contributed by atoms with van der Waals surface area (Å²) >= 11 is 7.69. The molecular weight excluding hydrogens is 396 g/mol. The number of carbonyl (C=O) groups excluding carboxylic acids is 1. The van der Waals surface area contributed by atoms with Crippen LogP contribution in [0.5, 0.6) is 5.75 Å². The maximum absolute atomic E-state index is 13.2. The molecule has 1 N–H and O–H groups in total. The second kappa shape index (κ2) is 9.18. The molecule has 0 radical (unpaired) electrons. The van der Waals surface area contributed by atoms with Crippen LogP contribution in [0.15, 0.2) is 47.4 Å². The monoisotopic (exact) mass is 420 g/mol. The molecule has 0 saturated heterocycles. The molecule has 0 fully saturated rings. The fourth-order valence-electron chi connectivity index (χ4n) is 3.12. The third-order valence-corrected chi connectivity index (χ3v) is 6.56. The van der Waals surface area contributed by atoms with Crippen molar-refractivity contribution >= 4 is 35.0 Å². The molecule has 0 unspecified atom stereocenters. The second-order valence-corrected chi connectivity index (χ2v) is 8.37. The number of anilines is 1. The summed E-state index contributed by atoms with van der Waals surface area (Å²) in [5.41, 5.74) is 1.66.